The fourth-order valence-electron chi connectivity index (χ4n) is 0.411. The number of aldehydes is 1. The molecule has 0 saturated heterocycles. The first-order valence-corrected chi connectivity index (χ1v) is 2.65. The van der Waals surface area contributed by atoms with Crippen molar-refractivity contribution in [3.8, 4) is 0 Å². The van der Waals surface area contributed by atoms with Crippen LogP contribution in [0.4, 0.5) is 13.2 Å². The maximum absolute atomic E-state index is 11.5. The van der Waals surface area contributed by atoms with Gasteiger partial charge in [-0.05, 0) is 0 Å². The minimum absolute atomic E-state index is 0.226. The van der Waals surface area contributed by atoms with Crippen molar-refractivity contribution in [2.45, 2.75) is 6.18 Å². The van der Waals surface area contributed by atoms with Gasteiger partial charge in [-0.3, -0.25) is 4.79 Å². The zero-order valence-corrected chi connectivity index (χ0v) is 5.68. The highest BCUT2D eigenvalue weighted by molar-refractivity contribution is 5.83. The molecule has 0 aliphatic carbocycles. The molecule has 0 N–H and O–H groups in total. The minimum atomic E-state index is -4.89. The number of likely N-dealkylation sites (N-methyl/N-ethyl adjacent to an activating group) is 1. The molecule has 0 unspecified atom stereocenters. The van der Waals surface area contributed by atoms with Crippen molar-refractivity contribution in [2.24, 2.45) is 0 Å². The first-order chi connectivity index (χ1) is 4.89. The van der Waals surface area contributed by atoms with Crippen LogP contribution >= 0.6 is 0 Å². The van der Waals surface area contributed by atoms with Crippen LogP contribution in [0, 0.1) is 0 Å². The van der Waals surface area contributed by atoms with Gasteiger partial charge < -0.3 is 9.69 Å². The quantitative estimate of drug-likeness (QED) is 0.554. The monoisotopic (exact) mass is 169 g/mol. The predicted molar refractivity (Wildman–Crippen MR) is 29.8 cm³/mol. The number of carbonyl (C=O) groups is 2. The molecule has 0 aliphatic rings. The smallest absolute Gasteiger partial charge is 0.331 e. The van der Waals surface area contributed by atoms with Gasteiger partial charge in [-0.25, -0.2) is 0 Å². The number of hydrogen-bond acceptors (Lipinski definition) is 2. The zero-order chi connectivity index (χ0) is 9.07. The van der Waals surface area contributed by atoms with Gasteiger partial charge in [0.25, 0.3) is 0 Å². The van der Waals surface area contributed by atoms with E-state index in [1.54, 1.807) is 0 Å². The molecule has 0 aromatic rings. The lowest BCUT2D eigenvalue weighted by molar-refractivity contribution is -0.183. The molecule has 64 valence electrons. The van der Waals surface area contributed by atoms with Crippen LogP contribution in [0.2, 0.25) is 0 Å². The number of amides is 1. The summed E-state index contributed by atoms with van der Waals surface area (Å²) in [6.07, 6.45) is -4.67. The largest absolute Gasteiger partial charge is 0.471 e. The Hall–Kier alpha value is -1.07. The minimum Gasteiger partial charge on any atom is -0.331 e. The first kappa shape index (κ1) is 9.93. The van der Waals surface area contributed by atoms with E-state index in [4.69, 9.17) is 0 Å². The Kier molecular flexibility index (Phi) is 3.03. The Morgan fingerprint density at radius 1 is 1.55 bits per heavy atom. The van der Waals surface area contributed by atoms with Crippen LogP contribution in [0.5, 0.6) is 0 Å². The van der Waals surface area contributed by atoms with E-state index in [0.717, 1.165) is 7.05 Å². The molecule has 6 heteroatoms. The topological polar surface area (TPSA) is 37.4 Å². The van der Waals surface area contributed by atoms with E-state index in [0.29, 0.717) is 4.90 Å². The number of carbonyl (C=O) groups excluding carboxylic acids is 2. The standard InChI is InChI=1S/C5H6F3NO2/c1-9(2-3-10)4(11)5(6,7)8/h3H,2H2,1H3. The van der Waals surface area contributed by atoms with Gasteiger partial charge in [-0.2, -0.15) is 13.2 Å². The molecule has 3 nitrogen and oxygen atoms in total. The summed E-state index contributed by atoms with van der Waals surface area (Å²) in [5.41, 5.74) is 0. The molecule has 0 aromatic carbocycles. The maximum atomic E-state index is 11.5. The van der Waals surface area contributed by atoms with Gasteiger partial charge in [0.2, 0.25) is 0 Å². The summed E-state index contributed by atoms with van der Waals surface area (Å²) in [4.78, 5) is 20.2. The molecule has 0 fully saturated rings. The van der Waals surface area contributed by atoms with E-state index in [1.807, 2.05) is 0 Å². The summed E-state index contributed by atoms with van der Waals surface area (Å²) < 4.78 is 34.5. The highest BCUT2D eigenvalue weighted by atomic mass is 19.4. The average molecular weight is 169 g/mol. The second-order valence-electron chi connectivity index (χ2n) is 1.85. The number of halogens is 3. The average Bonchev–Trinajstić information content (AvgIpc) is 1.85. The molecular weight excluding hydrogens is 163 g/mol. The Balaban J connectivity index is 4.13. The van der Waals surface area contributed by atoms with Gasteiger partial charge in [0, 0.05) is 7.05 Å². The Morgan fingerprint density at radius 2 is 2.00 bits per heavy atom. The van der Waals surface area contributed by atoms with Crippen LogP contribution in [0.15, 0.2) is 0 Å². The van der Waals surface area contributed by atoms with Crippen LogP contribution < -0.4 is 0 Å². The van der Waals surface area contributed by atoms with Gasteiger partial charge in [0.05, 0.1) is 6.54 Å². The van der Waals surface area contributed by atoms with Gasteiger partial charge in [-0.1, -0.05) is 0 Å². The Bertz CT molecular complexity index is 166. The highest BCUT2D eigenvalue weighted by Crippen LogP contribution is 2.16. The van der Waals surface area contributed by atoms with Crippen LogP contribution in [-0.4, -0.2) is 36.9 Å². The molecule has 0 aliphatic heterocycles. The second-order valence-corrected chi connectivity index (χ2v) is 1.85. The van der Waals surface area contributed by atoms with Crippen molar-refractivity contribution >= 4 is 12.2 Å². The summed E-state index contributed by atoms with van der Waals surface area (Å²) in [5.74, 6) is -2.01. The van der Waals surface area contributed by atoms with E-state index < -0.39 is 18.6 Å². The van der Waals surface area contributed by atoms with E-state index in [9.17, 15) is 22.8 Å². The summed E-state index contributed by atoms with van der Waals surface area (Å²) in [7, 11) is 0.907. The van der Waals surface area contributed by atoms with Crippen LogP contribution in [0.25, 0.3) is 0 Å². The number of alkyl halides is 3. The third-order valence-electron chi connectivity index (χ3n) is 0.938. The lowest BCUT2D eigenvalue weighted by Gasteiger charge is -2.14. The SMILES string of the molecule is CN(CC=O)C(=O)C(F)(F)F. The van der Waals surface area contributed by atoms with Crippen molar-refractivity contribution in [1.82, 2.24) is 4.90 Å². The molecule has 0 bridgehead atoms. The first-order valence-electron chi connectivity index (χ1n) is 2.65. The fourth-order valence-corrected chi connectivity index (χ4v) is 0.411. The van der Waals surface area contributed by atoms with Crippen molar-refractivity contribution in [3.05, 3.63) is 0 Å². The van der Waals surface area contributed by atoms with Crippen LogP contribution in [0.3, 0.4) is 0 Å². The van der Waals surface area contributed by atoms with Crippen LogP contribution in [0.1, 0.15) is 0 Å². The molecule has 1 amide bonds. The van der Waals surface area contributed by atoms with Crippen molar-refractivity contribution < 1.29 is 22.8 Å². The lowest BCUT2D eigenvalue weighted by Crippen LogP contribution is -2.39. The summed E-state index contributed by atoms with van der Waals surface area (Å²) in [5, 5.41) is 0. The molecule has 0 rings (SSSR count). The number of hydrogen-bond donors (Lipinski definition) is 0. The van der Waals surface area contributed by atoms with Crippen molar-refractivity contribution in [3.63, 3.8) is 0 Å². The third-order valence-corrected chi connectivity index (χ3v) is 0.938. The molecule has 11 heavy (non-hydrogen) atoms. The molecule has 0 aromatic heterocycles. The molecule has 0 saturated carbocycles. The Morgan fingerprint density at radius 3 is 2.27 bits per heavy atom. The highest BCUT2D eigenvalue weighted by Gasteiger charge is 2.40. The second kappa shape index (κ2) is 3.36. The molecule has 0 spiro atoms. The van der Waals surface area contributed by atoms with Gasteiger partial charge in [0.15, 0.2) is 0 Å². The van der Waals surface area contributed by atoms with Crippen molar-refractivity contribution in [1.29, 1.82) is 0 Å². The van der Waals surface area contributed by atoms with Gasteiger partial charge >= 0.3 is 12.1 Å². The number of rotatable bonds is 2. The van der Waals surface area contributed by atoms with Crippen LogP contribution in [-0.2, 0) is 9.59 Å². The van der Waals surface area contributed by atoms with E-state index in [1.165, 1.54) is 0 Å². The fraction of sp³-hybridized carbons (Fsp3) is 0.600. The molecule has 0 heterocycles. The third kappa shape index (κ3) is 3.01. The summed E-state index contributed by atoms with van der Waals surface area (Å²) in [6, 6.07) is 0. The molecule has 0 radical (unpaired) electrons. The van der Waals surface area contributed by atoms with E-state index in [2.05, 4.69) is 0 Å². The predicted octanol–water partition coefficient (Wildman–Crippen LogP) is 0.206. The zero-order valence-electron chi connectivity index (χ0n) is 5.68. The molecular formula is C5H6F3NO2. The Labute approximate surface area is 60.8 Å². The van der Waals surface area contributed by atoms with E-state index >= 15 is 0 Å². The molecule has 0 atom stereocenters. The normalized spacial score (nSPS) is 10.9. The van der Waals surface area contributed by atoms with Crippen molar-refractivity contribution in [2.75, 3.05) is 13.6 Å². The van der Waals surface area contributed by atoms with E-state index in [-0.39, 0.29) is 6.29 Å². The van der Waals surface area contributed by atoms with Gasteiger partial charge in [0.1, 0.15) is 6.29 Å². The summed E-state index contributed by atoms with van der Waals surface area (Å²) >= 11 is 0. The van der Waals surface area contributed by atoms with Gasteiger partial charge in [-0.15, -0.1) is 0 Å². The lowest BCUT2D eigenvalue weighted by atomic mass is 10.5. The number of nitrogens with zero attached hydrogens (tertiary/aromatic N) is 1. The summed E-state index contributed by atoms with van der Waals surface area (Å²) in [6.45, 7) is -0.543. The maximum Gasteiger partial charge on any atom is 0.471 e.